The molecule has 2 saturated heterocycles. The summed E-state index contributed by atoms with van der Waals surface area (Å²) in [6.07, 6.45) is 2.91. The molecule has 0 radical (unpaired) electrons. The molecule has 9 nitrogen and oxygen atoms in total. The van der Waals surface area contributed by atoms with Crippen molar-refractivity contribution in [3.8, 4) is 11.3 Å². The molecular weight excluding hydrogens is 518 g/mol. The van der Waals surface area contributed by atoms with E-state index in [9.17, 15) is 14.4 Å². The summed E-state index contributed by atoms with van der Waals surface area (Å²) in [4.78, 5) is 49.4. The maximum Gasteiger partial charge on any atom is 0.410 e. The first-order valence-corrected chi connectivity index (χ1v) is 14.4. The van der Waals surface area contributed by atoms with E-state index in [1.165, 1.54) is 0 Å². The molecule has 1 atom stereocenters. The summed E-state index contributed by atoms with van der Waals surface area (Å²) in [7, 11) is 0. The number of urea groups is 1. The number of rotatable bonds is 4. The second kappa shape index (κ2) is 12.2. The Hall–Kier alpha value is -4.14. The van der Waals surface area contributed by atoms with Gasteiger partial charge in [0.05, 0.1) is 18.1 Å². The van der Waals surface area contributed by atoms with Crippen molar-refractivity contribution < 1.29 is 14.3 Å². The number of amides is 3. The predicted molar refractivity (Wildman–Crippen MR) is 157 cm³/mol. The van der Waals surface area contributed by atoms with Crippen molar-refractivity contribution in [3.05, 3.63) is 89.0 Å². The van der Waals surface area contributed by atoms with Crippen molar-refractivity contribution in [2.24, 2.45) is 5.92 Å². The zero-order valence-electron chi connectivity index (χ0n) is 24.1. The summed E-state index contributed by atoms with van der Waals surface area (Å²) in [5.41, 5.74) is 1.94. The van der Waals surface area contributed by atoms with Gasteiger partial charge in [-0.1, -0.05) is 60.7 Å². The van der Waals surface area contributed by atoms with Crippen LogP contribution in [0.25, 0.3) is 11.3 Å². The Labute approximate surface area is 241 Å². The number of hydrogen-bond acceptors (Lipinski definition) is 5. The number of hydrogen-bond donors (Lipinski definition) is 0. The minimum Gasteiger partial charge on any atom is -0.444 e. The highest BCUT2D eigenvalue weighted by molar-refractivity contribution is 5.76. The predicted octanol–water partition coefficient (Wildman–Crippen LogP) is 5.04. The summed E-state index contributed by atoms with van der Waals surface area (Å²) >= 11 is 0. The van der Waals surface area contributed by atoms with Crippen LogP contribution in [0.5, 0.6) is 0 Å². The van der Waals surface area contributed by atoms with Crippen molar-refractivity contribution in [1.29, 1.82) is 0 Å². The molecule has 3 amide bonds. The summed E-state index contributed by atoms with van der Waals surface area (Å²) in [5, 5.41) is 0. The quantitative estimate of drug-likeness (QED) is 0.449. The number of carbonyl (C=O) groups is 2. The maximum atomic E-state index is 13.8. The molecule has 5 rings (SSSR count). The lowest BCUT2D eigenvalue weighted by atomic mass is 9.96. The van der Waals surface area contributed by atoms with Crippen LogP contribution in [-0.4, -0.2) is 74.7 Å². The number of nitrogens with zero attached hydrogens (tertiary/aromatic N) is 5. The number of aromatic nitrogens is 2. The summed E-state index contributed by atoms with van der Waals surface area (Å²) in [5.74, 6) is 0.287. The molecule has 0 saturated carbocycles. The third-order valence-corrected chi connectivity index (χ3v) is 7.75. The lowest BCUT2D eigenvalue weighted by Gasteiger charge is -2.44. The van der Waals surface area contributed by atoms with Crippen LogP contribution in [0.4, 0.5) is 9.59 Å². The number of piperazine rings is 1. The van der Waals surface area contributed by atoms with E-state index in [4.69, 9.17) is 4.74 Å². The van der Waals surface area contributed by atoms with Crippen LogP contribution in [0.2, 0.25) is 0 Å². The normalized spacial score (nSPS) is 18.3. The van der Waals surface area contributed by atoms with Crippen LogP contribution >= 0.6 is 0 Å². The highest BCUT2D eigenvalue weighted by Gasteiger charge is 2.37. The van der Waals surface area contributed by atoms with Crippen molar-refractivity contribution in [1.82, 2.24) is 24.3 Å². The van der Waals surface area contributed by atoms with E-state index in [0.717, 1.165) is 24.0 Å². The van der Waals surface area contributed by atoms with Crippen molar-refractivity contribution in [3.63, 3.8) is 0 Å². The fourth-order valence-electron chi connectivity index (χ4n) is 5.56. The molecule has 1 aromatic heterocycles. The number of benzene rings is 2. The first kappa shape index (κ1) is 28.4. The molecular formula is C32H39N5O4. The number of ether oxygens (including phenoxy) is 1. The molecule has 2 aliphatic rings. The van der Waals surface area contributed by atoms with Gasteiger partial charge in [-0.25, -0.2) is 14.6 Å². The lowest BCUT2D eigenvalue weighted by Crippen LogP contribution is -2.57. The number of piperidine rings is 1. The Balaban J connectivity index is 1.21. The molecule has 0 N–H and O–H groups in total. The topological polar surface area (TPSA) is 88.0 Å². The summed E-state index contributed by atoms with van der Waals surface area (Å²) in [6.45, 7) is 8.66. The van der Waals surface area contributed by atoms with E-state index in [-0.39, 0.29) is 29.6 Å². The minimum absolute atomic E-state index is 0.00723. The molecule has 2 aromatic carbocycles. The van der Waals surface area contributed by atoms with Crippen LogP contribution in [-0.2, 0) is 11.3 Å². The van der Waals surface area contributed by atoms with E-state index >= 15 is 0 Å². The van der Waals surface area contributed by atoms with Gasteiger partial charge in [-0.3, -0.25) is 9.36 Å². The van der Waals surface area contributed by atoms with Crippen LogP contribution in [0.3, 0.4) is 0 Å². The smallest absolute Gasteiger partial charge is 0.410 e. The van der Waals surface area contributed by atoms with Crippen LogP contribution in [0, 0.1) is 5.92 Å². The monoisotopic (exact) mass is 557 g/mol. The van der Waals surface area contributed by atoms with Gasteiger partial charge in [0.1, 0.15) is 5.60 Å². The van der Waals surface area contributed by atoms with Gasteiger partial charge < -0.3 is 19.4 Å². The fourth-order valence-corrected chi connectivity index (χ4v) is 5.56. The van der Waals surface area contributed by atoms with Crippen LogP contribution in [0.15, 0.2) is 77.9 Å². The van der Waals surface area contributed by atoms with Crippen molar-refractivity contribution >= 4 is 12.1 Å². The van der Waals surface area contributed by atoms with Gasteiger partial charge in [0.2, 0.25) is 0 Å². The maximum absolute atomic E-state index is 13.8. The van der Waals surface area contributed by atoms with Gasteiger partial charge in [0, 0.05) is 50.9 Å². The Morgan fingerprint density at radius 3 is 2.20 bits per heavy atom. The summed E-state index contributed by atoms with van der Waals surface area (Å²) in [6, 6.07) is 20.9. The zero-order chi connectivity index (χ0) is 29.0. The Morgan fingerprint density at radius 1 is 0.902 bits per heavy atom. The molecule has 0 aliphatic carbocycles. The van der Waals surface area contributed by atoms with Crippen LogP contribution in [0.1, 0.15) is 45.2 Å². The number of likely N-dealkylation sites (tertiary alicyclic amines) is 1. The van der Waals surface area contributed by atoms with Crippen molar-refractivity contribution in [2.75, 3.05) is 32.7 Å². The molecule has 2 aliphatic heterocycles. The largest absolute Gasteiger partial charge is 0.444 e. The molecule has 41 heavy (non-hydrogen) atoms. The Morgan fingerprint density at radius 2 is 1.56 bits per heavy atom. The minimum atomic E-state index is -0.582. The first-order chi connectivity index (χ1) is 19.7. The average molecular weight is 558 g/mol. The molecule has 0 spiro atoms. The molecule has 2 fully saturated rings. The second-order valence-corrected chi connectivity index (χ2v) is 11.9. The zero-order valence-corrected chi connectivity index (χ0v) is 24.1. The summed E-state index contributed by atoms with van der Waals surface area (Å²) < 4.78 is 7.29. The highest BCUT2D eigenvalue weighted by Crippen LogP contribution is 2.29. The van der Waals surface area contributed by atoms with E-state index < -0.39 is 5.60 Å². The molecule has 3 aromatic rings. The molecule has 0 unspecified atom stereocenters. The SMILES string of the molecule is CC(C)(C)OC(=O)N1CCN(C(=O)N2CCC(Cn3cnc(-c4ccccc4)cc3=O)CC2)[C@H](c2ccccc2)C1. The number of carbonyl (C=O) groups excluding carboxylic acids is 2. The average Bonchev–Trinajstić information content (AvgIpc) is 2.98. The van der Waals surface area contributed by atoms with Gasteiger partial charge in [0.25, 0.3) is 5.56 Å². The van der Waals surface area contributed by atoms with Gasteiger partial charge in [-0.15, -0.1) is 0 Å². The fraction of sp³-hybridized carbons (Fsp3) is 0.438. The molecule has 0 bridgehead atoms. The van der Waals surface area contributed by atoms with Gasteiger partial charge in [-0.2, -0.15) is 0 Å². The molecule has 9 heteroatoms. The van der Waals surface area contributed by atoms with E-state index in [2.05, 4.69) is 4.98 Å². The standard InChI is InChI=1S/C32H39N5O4/c1-32(2,3)41-31(40)35-18-19-37(28(22-35)26-12-8-5-9-13-26)30(39)34-16-14-24(15-17-34)21-36-23-33-27(20-29(36)38)25-10-6-4-7-11-25/h4-13,20,23-24,28H,14-19,21-22H2,1-3H3/t28-/m0/s1. The third-order valence-electron chi connectivity index (χ3n) is 7.75. The van der Waals surface area contributed by atoms with E-state index in [1.54, 1.807) is 21.9 Å². The molecule has 216 valence electrons. The van der Waals surface area contributed by atoms with Crippen molar-refractivity contribution in [2.45, 2.75) is 51.8 Å². The van der Waals surface area contributed by atoms with Crippen LogP contribution < -0.4 is 5.56 Å². The van der Waals surface area contributed by atoms with Gasteiger partial charge in [-0.05, 0) is 45.1 Å². The van der Waals surface area contributed by atoms with E-state index in [1.807, 2.05) is 91.2 Å². The molecule has 3 heterocycles. The van der Waals surface area contributed by atoms with Gasteiger partial charge in [0.15, 0.2) is 0 Å². The highest BCUT2D eigenvalue weighted by atomic mass is 16.6. The Bertz CT molecular complexity index is 1390. The third kappa shape index (κ3) is 6.96. The second-order valence-electron chi connectivity index (χ2n) is 11.9. The first-order valence-electron chi connectivity index (χ1n) is 14.4. The Kier molecular flexibility index (Phi) is 8.42. The van der Waals surface area contributed by atoms with Gasteiger partial charge >= 0.3 is 12.1 Å². The van der Waals surface area contributed by atoms with E-state index in [0.29, 0.717) is 45.0 Å². The lowest BCUT2D eigenvalue weighted by molar-refractivity contribution is 0.00568.